The van der Waals surface area contributed by atoms with E-state index in [0.29, 0.717) is 10.2 Å². The Kier molecular flexibility index (Phi) is 6.76. The first-order valence-electron chi connectivity index (χ1n) is 7.34. The molecular weight excluding hydrogens is 472 g/mol. The number of hydrogen-bond donors (Lipinski definition) is 3. The fourth-order valence-corrected chi connectivity index (χ4v) is 2.41. The van der Waals surface area contributed by atoms with E-state index in [0.717, 1.165) is 4.47 Å². The Morgan fingerprint density at radius 1 is 1.12 bits per heavy atom. The Bertz CT molecular complexity index is 858. The largest absolute Gasteiger partial charge is 0.480 e. The highest BCUT2D eigenvalue weighted by Crippen LogP contribution is 2.16. The number of carbonyl (C=O) groups is 3. The van der Waals surface area contributed by atoms with Gasteiger partial charge in [0.15, 0.2) is 10.4 Å². The first-order valence-corrected chi connectivity index (χ1v) is 8.92. The number of benzene rings is 1. The van der Waals surface area contributed by atoms with Gasteiger partial charge in [0, 0.05) is 4.47 Å². The highest BCUT2D eigenvalue weighted by Gasteiger charge is 2.20. The van der Waals surface area contributed by atoms with E-state index in [9.17, 15) is 14.4 Å². The molecule has 0 saturated heterocycles. The topological polar surface area (TPSA) is 109 Å². The molecule has 0 aliphatic rings. The molecule has 1 aromatic carbocycles. The van der Waals surface area contributed by atoms with E-state index < -0.39 is 23.8 Å². The smallest absolute Gasteiger partial charge is 0.325 e. The average molecular weight is 486 g/mol. The van der Waals surface area contributed by atoms with Gasteiger partial charge in [-0.15, -0.1) is 0 Å². The lowest BCUT2D eigenvalue weighted by molar-refractivity contribution is -0.140. The molecule has 136 valence electrons. The fourth-order valence-electron chi connectivity index (χ4n) is 1.84. The highest BCUT2D eigenvalue weighted by atomic mass is 79.9. The second kappa shape index (κ2) is 8.81. The molecule has 9 heteroatoms. The van der Waals surface area contributed by atoms with E-state index in [1.54, 1.807) is 30.3 Å². The van der Waals surface area contributed by atoms with Crippen LogP contribution in [0.1, 0.15) is 23.0 Å². The maximum Gasteiger partial charge on any atom is 0.325 e. The summed E-state index contributed by atoms with van der Waals surface area (Å²) in [7, 11) is 0. The van der Waals surface area contributed by atoms with Gasteiger partial charge in [-0.05, 0) is 58.8 Å². The predicted octanol–water partition coefficient (Wildman–Crippen LogP) is 3.16. The fraction of sp³-hybridized carbons (Fsp3) is 0.118. The van der Waals surface area contributed by atoms with Crippen LogP contribution in [0.4, 0.5) is 0 Å². The number of furan rings is 1. The summed E-state index contributed by atoms with van der Waals surface area (Å²) in [5.74, 6) is -2.57. The molecule has 2 aromatic rings. The van der Waals surface area contributed by atoms with Gasteiger partial charge in [0.25, 0.3) is 11.8 Å². The van der Waals surface area contributed by atoms with Crippen LogP contribution < -0.4 is 10.6 Å². The van der Waals surface area contributed by atoms with E-state index >= 15 is 0 Å². The Morgan fingerprint density at radius 2 is 1.77 bits per heavy atom. The number of aliphatic carboxylic acids is 1. The van der Waals surface area contributed by atoms with Crippen molar-refractivity contribution < 1.29 is 23.9 Å². The summed E-state index contributed by atoms with van der Waals surface area (Å²) in [5, 5.41) is 13.7. The second-order valence-corrected chi connectivity index (χ2v) is 6.90. The Labute approximate surface area is 165 Å². The maximum absolute atomic E-state index is 12.4. The van der Waals surface area contributed by atoms with E-state index in [2.05, 4.69) is 42.5 Å². The van der Waals surface area contributed by atoms with E-state index in [1.165, 1.54) is 19.1 Å². The Balaban J connectivity index is 2.28. The van der Waals surface area contributed by atoms with E-state index in [1.807, 2.05) is 0 Å². The summed E-state index contributed by atoms with van der Waals surface area (Å²) < 4.78 is 6.37. The lowest BCUT2D eigenvalue weighted by atomic mass is 10.2. The number of hydrogen-bond acceptors (Lipinski definition) is 4. The van der Waals surface area contributed by atoms with Crippen LogP contribution in [0.15, 0.2) is 55.7 Å². The molecule has 0 spiro atoms. The van der Waals surface area contributed by atoms with Gasteiger partial charge < -0.3 is 20.2 Å². The first kappa shape index (κ1) is 19.9. The molecule has 2 rings (SSSR count). The van der Waals surface area contributed by atoms with Crippen molar-refractivity contribution >= 4 is 55.7 Å². The maximum atomic E-state index is 12.4. The molecule has 1 atom stereocenters. The van der Waals surface area contributed by atoms with Gasteiger partial charge >= 0.3 is 5.97 Å². The lowest BCUT2D eigenvalue weighted by Gasteiger charge is -2.13. The number of halogens is 2. The molecule has 0 fully saturated rings. The molecule has 1 heterocycles. The number of amides is 2. The molecule has 3 N–H and O–H groups in total. The van der Waals surface area contributed by atoms with Gasteiger partial charge in [-0.2, -0.15) is 0 Å². The molecule has 7 nitrogen and oxygen atoms in total. The van der Waals surface area contributed by atoms with Crippen LogP contribution in [-0.2, 0) is 9.59 Å². The molecule has 1 aromatic heterocycles. The summed E-state index contributed by atoms with van der Waals surface area (Å²) in [6.07, 6.45) is 1.44. The van der Waals surface area contributed by atoms with Gasteiger partial charge in [-0.3, -0.25) is 14.4 Å². The van der Waals surface area contributed by atoms with Gasteiger partial charge in [-0.1, -0.05) is 28.1 Å². The minimum atomic E-state index is -1.19. The van der Waals surface area contributed by atoms with Gasteiger partial charge in [-0.25, -0.2) is 0 Å². The third-order valence-electron chi connectivity index (χ3n) is 3.19. The molecule has 0 radical (unpaired) electrons. The molecular formula is C17H14Br2N2O5. The number of nitrogens with one attached hydrogen (secondary N) is 2. The summed E-state index contributed by atoms with van der Waals surface area (Å²) in [6.45, 7) is 1.32. The van der Waals surface area contributed by atoms with Crippen molar-refractivity contribution in [3.63, 3.8) is 0 Å². The molecule has 0 aliphatic carbocycles. The molecule has 0 aliphatic heterocycles. The van der Waals surface area contributed by atoms with Gasteiger partial charge in [0.1, 0.15) is 11.7 Å². The number of carboxylic acid groups (broad SMARTS) is 1. The van der Waals surface area contributed by atoms with Crippen molar-refractivity contribution in [3.8, 4) is 0 Å². The molecule has 2 amide bonds. The Morgan fingerprint density at radius 3 is 2.31 bits per heavy atom. The minimum Gasteiger partial charge on any atom is -0.480 e. The average Bonchev–Trinajstić information content (AvgIpc) is 3.02. The van der Waals surface area contributed by atoms with Crippen LogP contribution in [0.25, 0.3) is 6.08 Å². The van der Waals surface area contributed by atoms with E-state index in [4.69, 9.17) is 9.52 Å². The monoisotopic (exact) mass is 484 g/mol. The number of carboxylic acids is 1. The quantitative estimate of drug-likeness (QED) is 0.544. The van der Waals surface area contributed by atoms with Gasteiger partial charge in [0.2, 0.25) is 0 Å². The lowest BCUT2D eigenvalue weighted by Crippen LogP contribution is -2.42. The Hall–Kier alpha value is -2.39. The summed E-state index contributed by atoms with van der Waals surface area (Å²) in [5.41, 5.74) is 0.528. The van der Waals surface area contributed by atoms with Crippen molar-refractivity contribution in [3.05, 3.63) is 62.6 Å². The predicted molar refractivity (Wildman–Crippen MR) is 101 cm³/mol. The van der Waals surface area contributed by atoms with Crippen molar-refractivity contribution in [2.75, 3.05) is 0 Å². The van der Waals surface area contributed by atoms with Crippen LogP contribution >= 0.6 is 31.9 Å². The normalized spacial score (nSPS) is 12.3. The molecule has 0 unspecified atom stereocenters. The summed E-state index contributed by atoms with van der Waals surface area (Å²) >= 11 is 6.41. The summed E-state index contributed by atoms with van der Waals surface area (Å²) in [4.78, 5) is 35.6. The zero-order valence-corrected chi connectivity index (χ0v) is 16.6. The van der Waals surface area contributed by atoms with Crippen LogP contribution in [0, 0.1) is 0 Å². The van der Waals surface area contributed by atoms with Crippen molar-refractivity contribution in [2.45, 2.75) is 13.0 Å². The third-order valence-corrected chi connectivity index (χ3v) is 4.14. The standard InChI is InChI=1S/C17H14Br2N2O5/c1-9(17(24)25)20-15(22)12(8-10-2-4-11(18)5-3-10)21-16(23)13-6-7-14(19)26-13/h2-9H,1H3,(H,20,22)(H,21,23)(H,24,25)/b12-8+/t9-/m1/s1. The van der Waals surface area contributed by atoms with Crippen molar-refractivity contribution in [2.24, 2.45) is 0 Å². The van der Waals surface area contributed by atoms with Crippen LogP contribution in [0.3, 0.4) is 0 Å². The minimum absolute atomic E-state index is 0.00216. The zero-order valence-electron chi connectivity index (χ0n) is 13.5. The number of rotatable bonds is 6. The SMILES string of the molecule is C[C@@H](NC(=O)/C(=C\c1ccc(Br)cc1)NC(=O)c1ccc(Br)o1)C(=O)O. The first-order chi connectivity index (χ1) is 12.3. The molecule has 0 saturated carbocycles. The third kappa shape index (κ3) is 5.57. The van der Waals surface area contributed by atoms with E-state index in [-0.39, 0.29) is 11.5 Å². The number of carbonyl (C=O) groups excluding carboxylic acids is 2. The van der Waals surface area contributed by atoms with Crippen molar-refractivity contribution in [1.29, 1.82) is 0 Å². The second-order valence-electron chi connectivity index (χ2n) is 5.20. The molecule has 0 bridgehead atoms. The van der Waals surface area contributed by atoms with Gasteiger partial charge in [0.05, 0.1) is 0 Å². The van der Waals surface area contributed by atoms with Crippen LogP contribution in [-0.4, -0.2) is 28.9 Å². The zero-order chi connectivity index (χ0) is 19.3. The van der Waals surface area contributed by atoms with Crippen molar-refractivity contribution in [1.82, 2.24) is 10.6 Å². The van der Waals surface area contributed by atoms with Crippen LogP contribution in [0.2, 0.25) is 0 Å². The summed E-state index contributed by atoms with van der Waals surface area (Å²) in [6, 6.07) is 8.86. The van der Waals surface area contributed by atoms with Crippen LogP contribution in [0.5, 0.6) is 0 Å². The molecule has 26 heavy (non-hydrogen) atoms. The highest BCUT2D eigenvalue weighted by molar-refractivity contribution is 9.10.